The lowest BCUT2D eigenvalue weighted by Gasteiger charge is -2.13. The summed E-state index contributed by atoms with van der Waals surface area (Å²) in [6, 6.07) is 4.62. The van der Waals surface area contributed by atoms with E-state index < -0.39 is 18.0 Å². The van der Waals surface area contributed by atoms with Crippen molar-refractivity contribution in [3.8, 4) is 6.07 Å². The maximum absolute atomic E-state index is 11.6. The van der Waals surface area contributed by atoms with Crippen LogP contribution in [0, 0.1) is 11.3 Å². The number of nitriles is 1. The average Bonchev–Trinajstić information content (AvgIpc) is 2.35. The first-order valence-electron chi connectivity index (χ1n) is 5.48. The SMILES string of the molecule is CC[C@H](NC(=O)Nc1cc(Cl)ccc1C#N)C(=O)O. The molecule has 7 heteroatoms. The van der Waals surface area contributed by atoms with E-state index in [1.165, 1.54) is 18.2 Å². The molecule has 100 valence electrons. The van der Waals surface area contributed by atoms with Gasteiger partial charge in [0.2, 0.25) is 0 Å². The highest BCUT2D eigenvalue weighted by molar-refractivity contribution is 6.31. The second-order valence-electron chi connectivity index (χ2n) is 3.70. The molecule has 3 N–H and O–H groups in total. The molecule has 1 atom stereocenters. The molecular weight excluding hydrogens is 270 g/mol. The lowest BCUT2D eigenvalue weighted by Crippen LogP contribution is -2.42. The van der Waals surface area contributed by atoms with E-state index in [9.17, 15) is 9.59 Å². The van der Waals surface area contributed by atoms with Gasteiger partial charge >= 0.3 is 12.0 Å². The summed E-state index contributed by atoms with van der Waals surface area (Å²) in [5.74, 6) is -1.12. The molecule has 0 aliphatic carbocycles. The zero-order chi connectivity index (χ0) is 14.4. The summed E-state index contributed by atoms with van der Waals surface area (Å²) in [4.78, 5) is 22.4. The van der Waals surface area contributed by atoms with E-state index in [1.807, 2.05) is 6.07 Å². The molecule has 0 heterocycles. The van der Waals surface area contributed by atoms with Crippen LogP contribution in [-0.2, 0) is 4.79 Å². The van der Waals surface area contributed by atoms with Crippen molar-refractivity contribution < 1.29 is 14.7 Å². The number of nitrogens with zero attached hydrogens (tertiary/aromatic N) is 1. The number of hydrogen-bond acceptors (Lipinski definition) is 3. The van der Waals surface area contributed by atoms with Crippen LogP contribution in [0.25, 0.3) is 0 Å². The normalized spacial score (nSPS) is 11.2. The first-order valence-corrected chi connectivity index (χ1v) is 5.85. The maximum atomic E-state index is 11.6. The quantitative estimate of drug-likeness (QED) is 0.787. The monoisotopic (exact) mass is 281 g/mol. The Hall–Kier alpha value is -2.26. The molecular formula is C12H12ClN3O3. The average molecular weight is 282 g/mol. The Balaban J connectivity index is 2.80. The van der Waals surface area contributed by atoms with Crippen molar-refractivity contribution in [3.63, 3.8) is 0 Å². The van der Waals surface area contributed by atoms with Crippen LogP contribution >= 0.6 is 11.6 Å². The van der Waals surface area contributed by atoms with Crippen molar-refractivity contribution in [2.24, 2.45) is 0 Å². The molecule has 1 aromatic carbocycles. The summed E-state index contributed by atoms with van der Waals surface area (Å²) < 4.78 is 0. The van der Waals surface area contributed by atoms with Gasteiger partial charge in [-0.3, -0.25) is 0 Å². The summed E-state index contributed by atoms with van der Waals surface area (Å²) in [6.07, 6.45) is 0.253. The molecule has 0 spiro atoms. The van der Waals surface area contributed by atoms with Gasteiger partial charge in [0, 0.05) is 5.02 Å². The fourth-order valence-electron chi connectivity index (χ4n) is 1.37. The summed E-state index contributed by atoms with van der Waals surface area (Å²) in [7, 11) is 0. The van der Waals surface area contributed by atoms with Crippen LogP contribution in [0.1, 0.15) is 18.9 Å². The van der Waals surface area contributed by atoms with Crippen molar-refractivity contribution in [1.29, 1.82) is 5.26 Å². The minimum absolute atomic E-state index is 0.229. The number of anilines is 1. The first-order chi connectivity index (χ1) is 8.97. The Labute approximate surface area is 115 Å². The zero-order valence-electron chi connectivity index (χ0n) is 10.1. The molecule has 2 amide bonds. The molecule has 0 aromatic heterocycles. The molecule has 1 aromatic rings. The Morgan fingerprint density at radius 3 is 2.74 bits per heavy atom. The van der Waals surface area contributed by atoms with Crippen LogP contribution in [-0.4, -0.2) is 23.1 Å². The van der Waals surface area contributed by atoms with Gasteiger partial charge in [-0.05, 0) is 24.6 Å². The molecule has 0 fully saturated rings. The number of hydrogen-bond donors (Lipinski definition) is 3. The van der Waals surface area contributed by atoms with Crippen molar-refractivity contribution in [3.05, 3.63) is 28.8 Å². The van der Waals surface area contributed by atoms with E-state index in [2.05, 4.69) is 10.6 Å². The summed E-state index contributed by atoms with van der Waals surface area (Å²) in [5.41, 5.74) is 0.468. The third-order valence-corrected chi connectivity index (χ3v) is 2.60. The molecule has 0 saturated heterocycles. The van der Waals surface area contributed by atoms with Crippen molar-refractivity contribution in [2.45, 2.75) is 19.4 Å². The van der Waals surface area contributed by atoms with Crippen molar-refractivity contribution >= 4 is 29.3 Å². The highest BCUT2D eigenvalue weighted by Crippen LogP contribution is 2.20. The number of carbonyl (C=O) groups is 2. The number of carboxylic acids is 1. The van der Waals surface area contributed by atoms with Gasteiger partial charge in [0.05, 0.1) is 11.3 Å². The minimum Gasteiger partial charge on any atom is -0.480 e. The third kappa shape index (κ3) is 4.16. The molecule has 19 heavy (non-hydrogen) atoms. The first kappa shape index (κ1) is 14.8. The van der Waals surface area contributed by atoms with E-state index in [0.29, 0.717) is 5.02 Å². The Morgan fingerprint density at radius 2 is 2.21 bits per heavy atom. The number of nitrogens with one attached hydrogen (secondary N) is 2. The van der Waals surface area contributed by atoms with Crippen molar-refractivity contribution in [1.82, 2.24) is 5.32 Å². The van der Waals surface area contributed by atoms with Gasteiger partial charge in [-0.25, -0.2) is 9.59 Å². The van der Waals surface area contributed by atoms with Crippen LogP contribution in [0.2, 0.25) is 5.02 Å². The number of halogens is 1. The molecule has 0 bridgehead atoms. The predicted octanol–water partition coefficient (Wildman–Crippen LogP) is 2.20. The highest BCUT2D eigenvalue weighted by Gasteiger charge is 2.18. The fourth-order valence-corrected chi connectivity index (χ4v) is 1.54. The van der Waals surface area contributed by atoms with E-state index in [1.54, 1.807) is 6.92 Å². The molecule has 0 unspecified atom stereocenters. The molecule has 0 radical (unpaired) electrons. The molecule has 1 rings (SSSR count). The summed E-state index contributed by atoms with van der Waals surface area (Å²) >= 11 is 5.77. The third-order valence-electron chi connectivity index (χ3n) is 2.36. The molecule has 0 saturated carbocycles. The highest BCUT2D eigenvalue weighted by atomic mass is 35.5. The number of amides is 2. The Bertz CT molecular complexity index is 540. The lowest BCUT2D eigenvalue weighted by molar-refractivity contribution is -0.139. The van der Waals surface area contributed by atoms with Crippen LogP contribution in [0.4, 0.5) is 10.5 Å². The van der Waals surface area contributed by atoms with E-state index in [4.69, 9.17) is 22.0 Å². The Morgan fingerprint density at radius 1 is 1.53 bits per heavy atom. The molecule has 0 aliphatic heterocycles. The van der Waals surface area contributed by atoms with E-state index in [0.717, 1.165) is 0 Å². The second kappa shape index (κ2) is 6.61. The topological polar surface area (TPSA) is 102 Å². The number of urea groups is 1. The largest absolute Gasteiger partial charge is 0.480 e. The van der Waals surface area contributed by atoms with Gasteiger partial charge < -0.3 is 15.7 Å². The van der Waals surface area contributed by atoms with Crippen molar-refractivity contribution in [2.75, 3.05) is 5.32 Å². The predicted molar refractivity (Wildman–Crippen MR) is 70.0 cm³/mol. The van der Waals surface area contributed by atoms with Gasteiger partial charge in [0.15, 0.2) is 0 Å². The lowest BCUT2D eigenvalue weighted by atomic mass is 10.2. The van der Waals surface area contributed by atoms with Gasteiger partial charge in [-0.2, -0.15) is 5.26 Å². The van der Waals surface area contributed by atoms with Gasteiger partial charge in [-0.15, -0.1) is 0 Å². The van der Waals surface area contributed by atoms with Gasteiger partial charge in [0.25, 0.3) is 0 Å². The molecule has 6 nitrogen and oxygen atoms in total. The fraction of sp³-hybridized carbons (Fsp3) is 0.250. The number of aliphatic carboxylic acids is 1. The van der Waals surface area contributed by atoms with Gasteiger partial charge in [-0.1, -0.05) is 18.5 Å². The maximum Gasteiger partial charge on any atom is 0.326 e. The smallest absolute Gasteiger partial charge is 0.326 e. The number of carboxylic acid groups (broad SMARTS) is 1. The summed E-state index contributed by atoms with van der Waals surface area (Å²) in [6.45, 7) is 1.64. The second-order valence-corrected chi connectivity index (χ2v) is 4.14. The minimum atomic E-state index is -1.12. The van der Waals surface area contributed by atoms with E-state index >= 15 is 0 Å². The van der Waals surface area contributed by atoms with Crippen LogP contribution in [0.5, 0.6) is 0 Å². The van der Waals surface area contributed by atoms with Gasteiger partial charge in [0.1, 0.15) is 12.1 Å². The van der Waals surface area contributed by atoms with E-state index in [-0.39, 0.29) is 17.7 Å². The summed E-state index contributed by atoms with van der Waals surface area (Å²) in [5, 5.41) is 22.7. The van der Waals surface area contributed by atoms with Crippen LogP contribution < -0.4 is 10.6 Å². The zero-order valence-corrected chi connectivity index (χ0v) is 10.9. The number of rotatable bonds is 4. The molecule has 0 aliphatic rings. The van der Waals surface area contributed by atoms with Crippen LogP contribution in [0.3, 0.4) is 0 Å². The standard InChI is InChI=1S/C12H12ClN3O3/c1-2-9(11(17)18)15-12(19)16-10-5-8(13)4-3-7(10)6-14/h3-5,9H,2H2,1H3,(H,17,18)(H2,15,16,19)/t9-/m0/s1. The Kier molecular flexibility index (Phi) is 5.15. The number of benzene rings is 1. The van der Waals surface area contributed by atoms with Crippen LogP contribution in [0.15, 0.2) is 18.2 Å². The number of carbonyl (C=O) groups excluding carboxylic acids is 1.